The number of ether oxygens (including phenoxy) is 2. The maximum absolute atomic E-state index is 13.4. The largest absolute Gasteiger partial charge is 0.497 e. The lowest BCUT2D eigenvalue weighted by Gasteiger charge is -2.18. The number of methoxy groups -OCH3 is 1. The maximum atomic E-state index is 13.4. The number of nitrogens with two attached hydrogens (primary N) is 1. The summed E-state index contributed by atoms with van der Waals surface area (Å²) >= 11 is 0. The van der Waals surface area contributed by atoms with Crippen LogP contribution in [0.2, 0.25) is 0 Å². The number of nitrogens with zero attached hydrogens (tertiary/aromatic N) is 3. The van der Waals surface area contributed by atoms with Gasteiger partial charge in [-0.2, -0.15) is 18.2 Å². The minimum absolute atomic E-state index is 0.155. The van der Waals surface area contributed by atoms with Gasteiger partial charge in [-0.3, -0.25) is 0 Å². The van der Waals surface area contributed by atoms with E-state index in [9.17, 15) is 13.2 Å². The molecule has 0 fully saturated rings. The number of nitrogen functional groups attached to an aromatic ring is 1. The Bertz CT molecular complexity index is 881. The van der Waals surface area contributed by atoms with Crippen molar-refractivity contribution in [3.05, 3.63) is 48.3 Å². The quantitative estimate of drug-likeness (QED) is 0.739. The fourth-order valence-corrected chi connectivity index (χ4v) is 2.14. The Morgan fingerprint density at radius 1 is 1.15 bits per heavy atom. The normalized spacial score (nSPS) is 12.6. The van der Waals surface area contributed by atoms with Crippen LogP contribution in [-0.2, 0) is 0 Å². The molecular formula is C16H13F3N4O3. The average Bonchev–Trinajstić information content (AvgIpc) is 3.08. The van der Waals surface area contributed by atoms with E-state index in [0.29, 0.717) is 11.3 Å². The first kappa shape index (κ1) is 17.5. The second-order valence-electron chi connectivity index (χ2n) is 5.14. The third-order valence-corrected chi connectivity index (χ3v) is 3.36. The second kappa shape index (κ2) is 6.90. The highest BCUT2D eigenvalue weighted by molar-refractivity contribution is 5.58. The molecular weight excluding hydrogens is 353 g/mol. The van der Waals surface area contributed by atoms with Gasteiger partial charge in [-0.05, 0) is 24.3 Å². The van der Waals surface area contributed by atoms with E-state index >= 15 is 0 Å². The summed E-state index contributed by atoms with van der Waals surface area (Å²) < 4.78 is 55.2. The lowest BCUT2D eigenvalue weighted by atomic mass is 10.1. The molecule has 0 bridgehead atoms. The monoisotopic (exact) mass is 366 g/mol. The van der Waals surface area contributed by atoms with Gasteiger partial charge in [0.2, 0.25) is 17.9 Å². The smallest absolute Gasteiger partial charge is 0.431 e. The molecule has 26 heavy (non-hydrogen) atoms. The first-order valence-electron chi connectivity index (χ1n) is 7.30. The third kappa shape index (κ3) is 3.85. The average molecular weight is 366 g/mol. The molecule has 0 saturated heterocycles. The Morgan fingerprint density at radius 2 is 1.88 bits per heavy atom. The Kier molecular flexibility index (Phi) is 4.65. The molecule has 136 valence electrons. The van der Waals surface area contributed by atoms with Gasteiger partial charge in [-0.1, -0.05) is 5.16 Å². The van der Waals surface area contributed by atoms with Gasteiger partial charge in [-0.25, -0.2) is 4.98 Å². The van der Waals surface area contributed by atoms with Gasteiger partial charge >= 0.3 is 6.18 Å². The summed E-state index contributed by atoms with van der Waals surface area (Å²) in [4.78, 5) is 7.21. The molecule has 1 unspecified atom stereocenters. The van der Waals surface area contributed by atoms with Gasteiger partial charge in [0.1, 0.15) is 11.4 Å². The summed E-state index contributed by atoms with van der Waals surface area (Å²) in [6.45, 7) is 0. The van der Waals surface area contributed by atoms with Crippen LogP contribution in [0.1, 0.15) is 11.8 Å². The highest BCUT2D eigenvalue weighted by Gasteiger charge is 2.45. The number of aromatic nitrogens is 3. The van der Waals surface area contributed by atoms with Gasteiger partial charge in [0.05, 0.1) is 7.11 Å². The molecule has 2 N–H and O–H groups in total. The maximum Gasteiger partial charge on any atom is 0.431 e. The van der Waals surface area contributed by atoms with E-state index in [1.165, 1.54) is 19.4 Å². The molecule has 10 heteroatoms. The van der Waals surface area contributed by atoms with Crippen molar-refractivity contribution >= 4 is 5.95 Å². The van der Waals surface area contributed by atoms with Gasteiger partial charge < -0.3 is 19.7 Å². The van der Waals surface area contributed by atoms with Gasteiger partial charge in [0, 0.05) is 23.9 Å². The van der Waals surface area contributed by atoms with E-state index in [4.69, 9.17) is 19.7 Å². The predicted molar refractivity (Wildman–Crippen MR) is 84.4 cm³/mol. The summed E-state index contributed by atoms with van der Waals surface area (Å²) in [5.41, 5.74) is 5.45. The predicted octanol–water partition coefficient (Wildman–Crippen LogP) is 3.40. The lowest BCUT2D eigenvalue weighted by molar-refractivity contribution is -0.200. The first-order valence-corrected chi connectivity index (χ1v) is 7.30. The molecule has 2 heterocycles. The number of halogens is 3. The molecule has 7 nitrogen and oxygen atoms in total. The Hall–Kier alpha value is -3.30. The van der Waals surface area contributed by atoms with E-state index in [0.717, 1.165) is 6.07 Å². The fourth-order valence-electron chi connectivity index (χ4n) is 2.14. The van der Waals surface area contributed by atoms with Crippen molar-refractivity contribution in [2.24, 2.45) is 0 Å². The summed E-state index contributed by atoms with van der Waals surface area (Å²) in [6, 6.07) is 8.90. The summed E-state index contributed by atoms with van der Waals surface area (Å²) in [7, 11) is 1.51. The minimum Gasteiger partial charge on any atom is -0.497 e. The Morgan fingerprint density at radius 3 is 2.50 bits per heavy atom. The number of anilines is 1. The second-order valence-corrected chi connectivity index (χ2v) is 5.14. The molecule has 1 atom stereocenters. The SMILES string of the molecule is COc1ccc(-c2cc(C(Oc3ccnc(N)n3)C(F)(F)F)no2)cc1. The van der Waals surface area contributed by atoms with Crippen LogP contribution in [0.4, 0.5) is 19.1 Å². The van der Waals surface area contributed by atoms with Crippen molar-refractivity contribution in [1.82, 2.24) is 15.1 Å². The van der Waals surface area contributed by atoms with Gasteiger partial charge in [-0.15, -0.1) is 0 Å². The topological polar surface area (TPSA) is 96.3 Å². The van der Waals surface area contributed by atoms with E-state index in [-0.39, 0.29) is 17.6 Å². The van der Waals surface area contributed by atoms with Gasteiger partial charge in [0.25, 0.3) is 0 Å². The molecule has 0 spiro atoms. The van der Waals surface area contributed by atoms with Crippen LogP contribution in [0.15, 0.2) is 47.1 Å². The molecule has 0 aliphatic heterocycles. The number of alkyl halides is 3. The van der Waals surface area contributed by atoms with E-state index in [1.807, 2.05) is 0 Å². The van der Waals surface area contributed by atoms with Crippen molar-refractivity contribution in [2.75, 3.05) is 12.8 Å². The molecule has 0 amide bonds. The fraction of sp³-hybridized carbons (Fsp3) is 0.188. The van der Waals surface area contributed by atoms with Crippen LogP contribution in [0.5, 0.6) is 11.6 Å². The van der Waals surface area contributed by atoms with Crippen LogP contribution in [0, 0.1) is 0 Å². The van der Waals surface area contributed by atoms with Crippen molar-refractivity contribution in [2.45, 2.75) is 12.3 Å². The Labute approximate surface area is 145 Å². The zero-order valence-electron chi connectivity index (χ0n) is 13.4. The number of benzene rings is 1. The Balaban J connectivity index is 1.89. The van der Waals surface area contributed by atoms with E-state index < -0.39 is 18.0 Å². The number of hydrogen-bond acceptors (Lipinski definition) is 7. The highest BCUT2D eigenvalue weighted by atomic mass is 19.4. The van der Waals surface area contributed by atoms with E-state index in [1.54, 1.807) is 24.3 Å². The molecule has 0 aliphatic rings. The number of rotatable bonds is 5. The molecule has 3 rings (SSSR count). The summed E-state index contributed by atoms with van der Waals surface area (Å²) in [5.74, 6) is 0.227. The van der Waals surface area contributed by atoms with Crippen molar-refractivity contribution in [3.63, 3.8) is 0 Å². The molecule has 3 aromatic rings. The third-order valence-electron chi connectivity index (χ3n) is 3.36. The molecule has 0 aliphatic carbocycles. The van der Waals surface area contributed by atoms with Crippen molar-refractivity contribution in [3.8, 4) is 23.0 Å². The number of hydrogen-bond donors (Lipinski definition) is 1. The van der Waals surface area contributed by atoms with Crippen LogP contribution in [-0.4, -0.2) is 28.4 Å². The summed E-state index contributed by atoms with van der Waals surface area (Å²) in [6.07, 6.45) is -5.92. The molecule has 1 aromatic carbocycles. The zero-order chi connectivity index (χ0) is 18.7. The van der Waals surface area contributed by atoms with Crippen LogP contribution in [0.25, 0.3) is 11.3 Å². The lowest BCUT2D eigenvalue weighted by Crippen LogP contribution is -2.26. The van der Waals surface area contributed by atoms with E-state index in [2.05, 4.69) is 15.1 Å². The van der Waals surface area contributed by atoms with Crippen molar-refractivity contribution < 1.29 is 27.2 Å². The minimum atomic E-state index is -4.74. The van der Waals surface area contributed by atoms with Gasteiger partial charge in [0.15, 0.2) is 5.76 Å². The van der Waals surface area contributed by atoms with Crippen molar-refractivity contribution in [1.29, 1.82) is 0 Å². The van der Waals surface area contributed by atoms with Crippen LogP contribution >= 0.6 is 0 Å². The summed E-state index contributed by atoms with van der Waals surface area (Å²) in [5, 5.41) is 3.49. The molecule has 0 saturated carbocycles. The molecule has 0 radical (unpaired) electrons. The standard InChI is InChI=1S/C16H13F3N4O3/c1-24-10-4-2-9(3-5-10)12-8-11(23-26-12)14(16(17,18)19)25-13-6-7-21-15(20)22-13/h2-8,14H,1H3,(H2,20,21,22). The molecule has 2 aromatic heterocycles. The highest BCUT2D eigenvalue weighted by Crippen LogP contribution is 2.37. The zero-order valence-corrected chi connectivity index (χ0v) is 13.4. The van der Waals surface area contributed by atoms with Crippen LogP contribution in [0.3, 0.4) is 0 Å². The first-order chi connectivity index (χ1) is 12.4. The van der Waals surface area contributed by atoms with Crippen LogP contribution < -0.4 is 15.2 Å².